The normalized spacial score (nSPS) is 16.2. The molecule has 1 N–H and O–H groups in total. The van der Waals surface area contributed by atoms with Gasteiger partial charge in [0.2, 0.25) is 11.8 Å². The second-order valence-electron chi connectivity index (χ2n) is 7.14. The van der Waals surface area contributed by atoms with E-state index in [1.807, 2.05) is 0 Å². The van der Waals surface area contributed by atoms with Crippen LogP contribution in [-0.2, 0) is 10.3 Å². The highest BCUT2D eigenvalue weighted by atomic mass is 19.4. The van der Waals surface area contributed by atoms with Gasteiger partial charge in [0.1, 0.15) is 11.6 Å². The van der Waals surface area contributed by atoms with Gasteiger partial charge in [-0.15, -0.1) is 0 Å². The highest BCUT2D eigenvalue weighted by Gasteiger charge is 2.47. The Morgan fingerprint density at radius 1 is 1.17 bits per heavy atom. The van der Waals surface area contributed by atoms with E-state index in [0.717, 1.165) is 12.1 Å². The van der Waals surface area contributed by atoms with Crippen LogP contribution in [-0.4, -0.2) is 23.7 Å². The number of alkyl halides is 3. The maximum atomic E-state index is 13.9. The molecule has 0 saturated heterocycles. The number of rotatable bonds is 7. The number of nitrogens with zero attached hydrogens (tertiary/aromatic N) is 1. The molecule has 156 valence electrons. The fourth-order valence-corrected chi connectivity index (χ4v) is 3.17. The number of halogens is 5. The molecule has 9 heteroatoms. The zero-order valence-corrected chi connectivity index (χ0v) is 15.5. The number of benzene rings is 1. The van der Waals surface area contributed by atoms with Gasteiger partial charge in [0.05, 0.1) is 11.2 Å². The number of amides is 1. The van der Waals surface area contributed by atoms with Gasteiger partial charge in [-0.1, -0.05) is 19.1 Å². The first-order valence-electron chi connectivity index (χ1n) is 9.02. The second kappa shape index (κ2) is 7.96. The molecule has 2 aromatic rings. The quantitative estimate of drug-likeness (QED) is 0.674. The fourth-order valence-electron chi connectivity index (χ4n) is 3.17. The van der Waals surface area contributed by atoms with Gasteiger partial charge >= 0.3 is 6.18 Å². The van der Waals surface area contributed by atoms with Crippen molar-refractivity contribution < 1.29 is 31.5 Å². The number of hydrogen-bond acceptors (Lipinski definition) is 3. The average Bonchev–Trinajstić information content (AvgIpc) is 3.40. The number of nitrogens with one attached hydrogen (secondary N) is 1. The molecule has 29 heavy (non-hydrogen) atoms. The predicted molar refractivity (Wildman–Crippen MR) is 94.2 cm³/mol. The maximum absolute atomic E-state index is 13.9. The van der Waals surface area contributed by atoms with Gasteiger partial charge < -0.3 is 10.1 Å². The van der Waals surface area contributed by atoms with Crippen LogP contribution >= 0.6 is 0 Å². The number of carbonyl (C=O) groups is 1. The summed E-state index contributed by atoms with van der Waals surface area (Å²) < 4.78 is 69.4. The summed E-state index contributed by atoms with van der Waals surface area (Å²) in [6.07, 6.45) is -3.53. The van der Waals surface area contributed by atoms with E-state index in [1.54, 1.807) is 13.0 Å². The standard InChI is InChI=1S/C20H19F5N2O2/c1-12(18-13(21)4-2-5-14(18)22)10-16(28)27-19(8-9-19)15-6-3-7-17(26-15)29-11-20(23,24)25/h2-7,12H,8-11H2,1H3,(H,27,28). The van der Waals surface area contributed by atoms with Crippen molar-refractivity contribution in [2.45, 2.75) is 43.8 Å². The molecule has 1 aliphatic carbocycles. The Hall–Kier alpha value is -2.71. The maximum Gasteiger partial charge on any atom is 0.422 e. The summed E-state index contributed by atoms with van der Waals surface area (Å²) in [6.45, 7) is 0.0824. The molecule has 4 nitrogen and oxygen atoms in total. The molecule has 1 aliphatic rings. The van der Waals surface area contributed by atoms with Crippen LogP contribution in [0.5, 0.6) is 5.88 Å². The summed E-state index contributed by atoms with van der Waals surface area (Å²) in [7, 11) is 0. The highest BCUT2D eigenvalue weighted by molar-refractivity contribution is 5.78. The number of carbonyl (C=O) groups excluding carboxylic acids is 1. The third-order valence-corrected chi connectivity index (χ3v) is 4.71. The second-order valence-corrected chi connectivity index (χ2v) is 7.14. The molecule has 0 spiro atoms. The first kappa shape index (κ1) is 21.0. The Labute approximate surface area is 164 Å². The molecule has 1 unspecified atom stereocenters. The molecule has 1 aromatic heterocycles. The summed E-state index contributed by atoms with van der Waals surface area (Å²) in [5, 5.41) is 2.80. The van der Waals surface area contributed by atoms with E-state index in [2.05, 4.69) is 15.0 Å². The lowest BCUT2D eigenvalue weighted by Gasteiger charge is -2.20. The molecule has 1 heterocycles. The summed E-state index contributed by atoms with van der Waals surface area (Å²) in [4.78, 5) is 16.5. The van der Waals surface area contributed by atoms with Crippen molar-refractivity contribution in [1.29, 1.82) is 0 Å². The predicted octanol–water partition coefficient (Wildman–Crippen LogP) is 4.60. The highest BCUT2D eigenvalue weighted by Crippen LogP contribution is 2.45. The Kier molecular flexibility index (Phi) is 5.77. The van der Waals surface area contributed by atoms with E-state index in [1.165, 1.54) is 18.2 Å². The number of hydrogen-bond donors (Lipinski definition) is 1. The van der Waals surface area contributed by atoms with E-state index in [4.69, 9.17) is 0 Å². The van der Waals surface area contributed by atoms with Crippen molar-refractivity contribution in [3.63, 3.8) is 0 Å². The average molecular weight is 414 g/mol. The van der Waals surface area contributed by atoms with Crippen LogP contribution in [0, 0.1) is 11.6 Å². The molecular formula is C20H19F5N2O2. The molecule has 0 bridgehead atoms. The van der Waals surface area contributed by atoms with Crippen molar-refractivity contribution in [3.8, 4) is 5.88 Å². The SMILES string of the molecule is CC(CC(=O)NC1(c2cccc(OCC(F)(F)F)n2)CC1)c1c(F)cccc1F. The Morgan fingerprint density at radius 3 is 2.38 bits per heavy atom. The molecule has 1 saturated carbocycles. The summed E-state index contributed by atoms with van der Waals surface area (Å²) >= 11 is 0. The van der Waals surface area contributed by atoms with Crippen molar-refractivity contribution in [2.24, 2.45) is 0 Å². The van der Waals surface area contributed by atoms with Crippen LogP contribution in [0.4, 0.5) is 22.0 Å². The Morgan fingerprint density at radius 2 is 1.79 bits per heavy atom. The lowest BCUT2D eigenvalue weighted by molar-refractivity contribution is -0.154. The van der Waals surface area contributed by atoms with E-state index < -0.39 is 41.8 Å². The summed E-state index contributed by atoms with van der Waals surface area (Å²) in [5.74, 6) is -2.75. The van der Waals surface area contributed by atoms with E-state index >= 15 is 0 Å². The van der Waals surface area contributed by atoms with Crippen molar-refractivity contribution in [3.05, 3.63) is 59.3 Å². The van der Waals surface area contributed by atoms with Crippen LogP contribution in [0.1, 0.15) is 43.4 Å². The molecule has 1 aromatic carbocycles. The third kappa shape index (κ3) is 5.21. The minimum absolute atomic E-state index is 0.149. The monoisotopic (exact) mass is 414 g/mol. The molecule has 1 fully saturated rings. The van der Waals surface area contributed by atoms with Gasteiger partial charge in [-0.05, 0) is 37.0 Å². The van der Waals surface area contributed by atoms with Crippen LogP contribution in [0.3, 0.4) is 0 Å². The summed E-state index contributed by atoms with van der Waals surface area (Å²) in [6, 6.07) is 7.90. The number of ether oxygens (including phenoxy) is 1. The molecule has 1 amide bonds. The summed E-state index contributed by atoms with van der Waals surface area (Å²) in [5.41, 5.74) is -0.578. The Balaban J connectivity index is 1.66. The minimum Gasteiger partial charge on any atom is -0.468 e. The van der Waals surface area contributed by atoms with Crippen molar-refractivity contribution in [1.82, 2.24) is 10.3 Å². The largest absolute Gasteiger partial charge is 0.468 e. The first-order valence-corrected chi connectivity index (χ1v) is 9.02. The van der Waals surface area contributed by atoms with Crippen LogP contribution in [0.2, 0.25) is 0 Å². The topological polar surface area (TPSA) is 51.2 Å². The van der Waals surface area contributed by atoms with Gasteiger partial charge in [-0.2, -0.15) is 13.2 Å². The van der Waals surface area contributed by atoms with Gasteiger partial charge in [-0.25, -0.2) is 13.8 Å². The number of pyridine rings is 1. The fraction of sp³-hybridized carbons (Fsp3) is 0.400. The number of aromatic nitrogens is 1. The van der Waals surface area contributed by atoms with Crippen LogP contribution in [0.15, 0.2) is 36.4 Å². The van der Waals surface area contributed by atoms with Gasteiger partial charge in [0.25, 0.3) is 0 Å². The van der Waals surface area contributed by atoms with E-state index in [9.17, 15) is 26.7 Å². The van der Waals surface area contributed by atoms with Gasteiger partial charge in [0.15, 0.2) is 6.61 Å². The minimum atomic E-state index is -4.48. The smallest absolute Gasteiger partial charge is 0.422 e. The van der Waals surface area contributed by atoms with Crippen LogP contribution in [0.25, 0.3) is 0 Å². The van der Waals surface area contributed by atoms with E-state index in [0.29, 0.717) is 18.5 Å². The molecule has 1 atom stereocenters. The third-order valence-electron chi connectivity index (χ3n) is 4.71. The zero-order chi connectivity index (χ0) is 21.2. The van der Waals surface area contributed by atoms with Gasteiger partial charge in [0, 0.05) is 18.1 Å². The molecular weight excluding hydrogens is 395 g/mol. The molecule has 3 rings (SSSR count). The lowest BCUT2D eigenvalue weighted by Crippen LogP contribution is -2.36. The van der Waals surface area contributed by atoms with Gasteiger partial charge in [-0.3, -0.25) is 4.79 Å². The Bertz CT molecular complexity index is 876. The molecule has 0 aliphatic heterocycles. The van der Waals surface area contributed by atoms with Crippen molar-refractivity contribution in [2.75, 3.05) is 6.61 Å². The van der Waals surface area contributed by atoms with E-state index in [-0.39, 0.29) is 17.9 Å². The lowest BCUT2D eigenvalue weighted by atomic mass is 9.96. The molecule has 0 radical (unpaired) electrons. The van der Waals surface area contributed by atoms with Crippen molar-refractivity contribution >= 4 is 5.91 Å². The first-order chi connectivity index (χ1) is 13.6. The zero-order valence-electron chi connectivity index (χ0n) is 15.5. The van der Waals surface area contributed by atoms with Crippen LogP contribution < -0.4 is 10.1 Å².